The van der Waals surface area contributed by atoms with Crippen molar-refractivity contribution in [2.75, 3.05) is 6.61 Å². The fraction of sp³-hybridized carbons (Fsp3) is 0.385. The molecule has 0 aromatic carbocycles. The number of rotatable bonds is 0. The molecule has 1 aliphatic carbocycles. The highest BCUT2D eigenvalue weighted by atomic mass is 16.5. The van der Waals surface area contributed by atoms with Crippen molar-refractivity contribution in [2.24, 2.45) is 0 Å². The lowest BCUT2D eigenvalue weighted by atomic mass is 10.1. The van der Waals surface area contributed by atoms with Crippen LogP contribution in [-0.2, 0) is 4.74 Å². The molecule has 1 aliphatic heterocycles. The van der Waals surface area contributed by atoms with Crippen molar-refractivity contribution in [1.82, 2.24) is 0 Å². The van der Waals surface area contributed by atoms with Crippen LogP contribution in [0, 0.1) is 0 Å². The third kappa shape index (κ3) is 2.63. The van der Waals surface area contributed by atoms with Crippen molar-refractivity contribution in [3.05, 3.63) is 47.3 Å². The molecule has 0 radical (unpaired) electrons. The first-order valence-corrected chi connectivity index (χ1v) is 5.23. The summed E-state index contributed by atoms with van der Waals surface area (Å²) in [6.07, 6.45) is 11.6. The first-order chi connectivity index (χ1) is 6.86. The molecule has 0 spiro atoms. The molecule has 1 nitrogen and oxygen atoms in total. The van der Waals surface area contributed by atoms with Gasteiger partial charge in [-0.2, -0.15) is 0 Å². The molecule has 76 valence electrons. The fourth-order valence-corrected chi connectivity index (χ4v) is 1.38. The minimum absolute atomic E-state index is 0.733. The predicted molar refractivity (Wildman–Crippen MR) is 61.0 cm³/mol. The Labute approximate surface area is 86.5 Å². The maximum atomic E-state index is 5.55. The third-order valence-electron chi connectivity index (χ3n) is 1.98. The van der Waals surface area contributed by atoms with E-state index in [4.69, 9.17) is 4.74 Å². The summed E-state index contributed by atoms with van der Waals surface area (Å²) in [5.74, 6) is 1.01. The average molecular weight is 190 g/mol. The van der Waals surface area contributed by atoms with Crippen LogP contribution in [0.1, 0.15) is 27.2 Å². The van der Waals surface area contributed by atoms with E-state index in [0.717, 1.165) is 18.8 Å². The van der Waals surface area contributed by atoms with Gasteiger partial charge in [-0.3, -0.25) is 0 Å². The van der Waals surface area contributed by atoms with Crippen molar-refractivity contribution in [1.29, 1.82) is 0 Å². The lowest BCUT2D eigenvalue weighted by Crippen LogP contribution is -2.02. The van der Waals surface area contributed by atoms with Crippen LogP contribution >= 0.6 is 0 Å². The molecule has 0 unspecified atom stereocenters. The van der Waals surface area contributed by atoms with Crippen LogP contribution in [0.2, 0.25) is 0 Å². The molecule has 1 heteroatoms. The van der Waals surface area contributed by atoms with Gasteiger partial charge in [0.1, 0.15) is 12.4 Å². The topological polar surface area (TPSA) is 9.23 Å². The van der Waals surface area contributed by atoms with Gasteiger partial charge in [0.2, 0.25) is 0 Å². The number of hydrogen-bond acceptors (Lipinski definition) is 1. The first kappa shape index (κ1) is 10.8. The van der Waals surface area contributed by atoms with Gasteiger partial charge in [-0.25, -0.2) is 0 Å². The summed E-state index contributed by atoms with van der Waals surface area (Å²) < 4.78 is 5.55. The second kappa shape index (κ2) is 5.48. The first-order valence-electron chi connectivity index (χ1n) is 5.23. The zero-order valence-corrected chi connectivity index (χ0v) is 9.21. The maximum absolute atomic E-state index is 5.55. The Morgan fingerprint density at radius 2 is 1.86 bits per heavy atom. The summed E-state index contributed by atoms with van der Waals surface area (Å²) in [7, 11) is 0. The standard InChI is InChI=1S/C11H12O.C2H6/c1-9-7-10-5-3-2-4-6-11(10)12-8-9;1-2/h3-7H,2,8H2,1H3;1-2H3. The highest BCUT2D eigenvalue weighted by Crippen LogP contribution is 2.21. The van der Waals surface area contributed by atoms with Gasteiger partial charge >= 0.3 is 0 Å². The van der Waals surface area contributed by atoms with E-state index in [1.807, 2.05) is 13.8 Å². The number of ether oxygens (including phenoxy) is 1. The normalized spacial score (nSPS) is 18.6. The molecule has 1 heterocycles. The van der Waals surface area contributed by atoms with E-state index in [1.165, 1.54) is 11.1 Å². The van der Waals surface area contributed by atoms with Gasteiger partial charge in [-0.15, -0.1) is 0 Å². The quantitative estimate of drug-likeness (QED) is 0.565. The van der Waals surface area contributed by atoms with Crippen LogP contribution in [0.4, 0.5) is 0 Å². The van der Waals surface area contributed by atoms with Crippen molar-refractivity contribution in [3.63, 3.8) is 0 Å². The molecule has 2 aliphatic rings. The smallest absolute Gasteiger partial charge is 0.126 e. The van der Waals surface area contributed by atoms with Crippen LogP contribution in [0.3, 0.4) is 0 Å². The van der Waals surface area contributed by atoms with Crippen LogP contribution < -0.4 is 0 Å². The molecule has 0 saturated heterocycles. The van der Waals surface area contributed by atoms with E-state index >= 15 is 0 Å². The Bertz CT molecular complexity index is 303. The van der Waals surface area contributed by atoms with Crippen molar-refractivity contribution in [3.8, 4) is 0 Å². The van der Waals surface area contributed by atoms with Gasteiger partial charge in [0.15, 0.2) is 0 Å². The molecule has 0 atom stereocenters. The minimum atomic E-state index is 0.733. The zero-order chi connectivity index (χ0) is 10.4. The molecule has 0 amide bonds. The molecular weight excluding hydrogens is 172 g/mol. The van der Waals surface area contributed by atoms with E-state index in [0.29, 0.717) is 0 Å². The molecule has 0 fully saturated rings. The summed E-state index contributed by atoms with van der Waals surface area (Å²) in [6, 6.07) is 0. The molecule has 0 aromatic rings. The van der Waals surface area contributed by atoms with Gasteiger partial charge in [-0.05, 0) is 31.1 Å². The van der Waals surface area contributed by atoms with E-state index in [9.17, 15) is 0 Å². The van der Waals surface area contributed by atoms with Gasteiger partial charge in [-0.1, -0.05) is 32.1 Å². The van der Waals surface area contributed by atoms with E-state index in [2.05, 4.69) is 37.3 Å². The molecule has 14 heavy (non-hydrogen) atoms. The minimum Gasteiger partial charge on any atom is -0.489 e. The molecule has 0 N–H and O–H groups in total. The van der Waals surface area contributed by atoms with Crippen molar-refractivity contribution >= 4 is 0 Å². The van der Waals surface area contributed by atoms with Crippen molar-refractivity contribution < 1.29 is 4.74 Å². The molecule has 0 bridgehead atoms. The van der Waals surface area contributed by atoms with Crippen LogP contribution in [-0.4, -0.2) is 6.61 Å². The number of hydrogen-bond donors (Lipinski definition) is 0. The van der Waals surface area contributed by atoms with E-state index in [-0.39, 0.29) is 0 Å². The van der Waals surface area contributed by atoms with Gasteiger partial charge in [0, 0.05) is 5.57 Å². The summed E-state index contributed by atoms with van der Waals surface area (Å²) in [6.45, 7) is 6.82. The second-order valence-corrected chi connectivity index (χ2v) is 3.14. The lowest BCUT2D eigenvalue weighted by Gasteiger charge is -2.14. The largest absolute Gasteiger partial charge is 0.489 e. The lowest BCUT2D eigenvalue weighted by molar-refractivity contribution is 0.246. The molecular formula is C13H18O. The molecule has 0 aromatic heterocycles. The van der Waals surface area contributed by atoms with Gasteiger partial charge < -0.3 is 4.74 Å². The third-order valence-corrected chi connectivity index (χ3v) is 1.98. The predicted octanol–water partition coefficient (Wildman–Crippen LogP) is 3.76. The summed E-state index contributed by atoms with van der Waals surface area (Å²) in [5, 5.41) is 0. The Balaban J connectivity index is 0.000000461. The van der Waals surface area contributed by atoms with Gasteiger partial charge in [0.05, 0.1) is 0 Å². The Morgan fingerprint density at radius 1 is 1.14 bits per heavy atom. The zero-order valence-electron chi connectivity index (χ0n) is 9.21. The second-order valence-electron chi connectivity index (χ2n) is 3.14. The van der Waals surface area contributed by atoms with Gasteiger partial charge in [0.25, 0.3) is 0 Å². The average Bonchev–Trinajstić information content (AvgIpc) is 2.45. The highest BCUT2D eigenvalue weighted by Gasteiger charge is 2.08. The van der Waals surface area contributed by atoms with Crippen LogP contribution in [0.5, 0.6) is 0 Å². The SMILES string of the molecule is CC.CC1=CC2=C(C=CCC=C2)OC1. The van der Waals surface area contributed by atoms with Crippen LogP contribution in [0.25, 0.3) is 0 Å². The Hall–Kier alpha value is -1.24. The monoisotopic (exact) mass is 190 g/mol. The van der Waals surface area contributed by atoms with Crippen LogP contribution in [0.15, 0.2) is 47.3 Å². The Kier molecular flexibility index (Phi) is 4.24. The number of allylic oxidation sites excluding steroid dienone is 6. The van der Waals surface area contributed by atoms with E-state index < -0.39 is 0 Å². The maximum Gasteiger partial charge on any atom is 0.126 e. The Morgan fingerprint density at radius 3 is 2.64 bits per heavy atom. The van der Waals surface area contributed by atoms with E-state index in [1.54, 1.807) is 0 Å². The molecule has 2 rings (SSSR count). The summed E-state index contributed by atoms with van der Waals surface area (Å²) in [5.41, 5.74) is 2.49. The fourth-order valence-electron chi connectivity index (χ4n) is 1.38. The van der Waals surface area contributed by atoms with Crippen molar-refractivity contribution in [2.45, 2.75) is 27.2 Å². The molecule has 0 saturated carbocycles. The summed E-state index contributed by atoms with van der Waals surface area (Å²) in [4.78, 5) is 0. The summed E-state index contributed by atoms with van der Waals surface area (Å²) >= 11 is 0. The highest BCUT2D eigenvalue weighted by molar-refractivity contribution is 5.43.